The number of hydrogen-bond acceptors (Lipinski definition) is 2. The van der Waals surface area contributed by atoms with Crippen LogP contribution in [0.1, 0.15) is 36.8 Å². The van der Waals surface area contributed by atoms with E-state index in [1.165, 1.54) is 0 Å². The molecule has 0 unspecified atom stereocenters. The molecule has 0 atom stereocenters. The lowest BCUT2D eigenvalue weighted by molar-refractivity contribution is 0.138. The minimum atomic E-state index is -2.26. The molecule has 0 bridgehead atoms. The predicted octanol–water partition coefficient (Wildman–Crippen LogP) is 3.60. The first-order valence-electron chi connectivity index (χ1n) is 6.13. The zero-order valence-corrected chi connectivity index (χ0v) is 10.0. The summed E-state index contributed by atoms with van der Waals surface area (Å²) in [4.78, 5) is 14.4. The van der Waals surface area contributed by atoms with Gasteiger partial charge in [0.05, 0.1) is 5.54 Å². The average molecular weight is 251 g/mol. The van der Waals surface area contributed by atoms with Gasteiger partial charge in [-0.1, -0.05) is 24.3 Å². The molecule has 1 aromatic rings. The van der Waals surface area contributed by atoms with E-state index < -0.39 is 12.0 Å². The highest BCUT2D eigenvalue weighted by Crippen LogP contribution is 2.44. The average Bonchev–Trinajstić information content (AvgIpc) is 2.32. The summed E-state index contributed by atoms with van der Waals surface area (Å²) in [5, 5.41) is 0. The molecule has 2 nitrogen and oxygen atoms in total. The summed E-state index contributed by atoms with van der Waals surface area (Å²) in [6.45, 7) is 0. The van der Waals surface area contributed by atoms with E-state index in [2.05, 4.69) is 4.99 Å². The van der Waals surface area contributed by atoms with Crippen molar-refractivity contribution in [3.63, 3.8) is 0 Å². The quantitative estimate of drug-likeness (QED) is 0.580. The van der Waals surface area contributed by atoms with Gasteiger partial charge in [-0.2, -0.15) is 4.99 Å². The third-order valence-corrected chi connectivity index (χ3v) is 3.58. The van der Waals surface area contributed by atoms with Crippen molar-refractivity contribution in [1.29, 1.82) is 0 Å². The van der Waals surface area contributed by atoms with Gasteiger partial charge in [0.15, 0.2) is 0 Å². The van der Waals surface area contributed by atoms with Gasteiger partial charge >= 0.3 is 0 Å². The van der Waals surface area contributed by atoms with Crippen LogP contribution >= 0.6 is 0 Å². The fourth-order valence-electron chi connectivity index (χ4n) is 2.32. The van der Waals surface area contributed by atoms with E-state index in [0.717, 1.165) is 30.4 Å². The van der Waals surface area contributed by atoms with Crippen molar-refractivity contribution in [2.24, 2.45) is 4.99 Å². The third-order valence-electron chi connectivity index (χ3n) is 3.58. The predicted molar refractivity (Wildman–Crippen MR) is 64.4 cm³/mol. The number of rotatable bonds is 5. The van der Waals surface area contributed by atoms with E-state index in [1.807, 2.05) is 24.3 Å². The second kappa shape index (κ2) is 5.40. The topological polar surface area (TPSA) is 29.4 Å². The Balaban J connectivity index is 2.09. The molecule has 1 saturated carbocycles. The molecule has 0 amide bonds. The molecule has 0 saturated heterocycles. The number of benzene rings is 1. The van der Waals surface area contributed by atoms with E-state index in [1.54, 1.807) is 6.08 Å². The molecule has 2 rings (SSSR count). The Labute approximate surface area is 105 Å². The molecule has 1 aromatic carbocycles. The summed E-state index contributed by atoms with van der Waals surface area (Å²) in [5.74, 6) is 0. The molecule has 96 valence electrons. The monoisotopic (exact) mass is 251 g/mol. The van der Waals surface area contributed by atoms with E-state index in [0.29, 0.717) is 6.42 Å². The maximum absolute atomic E-state index is 12.1. The maximum Gasteiger partial charge on any atom is 0.239 e. The molecule has 18 heavy (non-hydrogen) atoms. The van der Waals surface area contributed by atoms with Crippen LogP contribution in [-0.4, -0.2) is 12.5 Å². The summed E-state index contributed by atoms with van der Waals surface area (Å²) in [6.07, 6.45) is 2.41. The van der Waals surface area contributed by atoms with E-state index in [4.69, 9.17) is 0 Å². The smallest absolute Gasteiger partial charge is 0.211 e. The van der Waals surface area contributed by atoms with Gasteiger partial charge in [0.25, 0.3) is 0 Å². The first-order valence-corrected chi connectivity index (χ1v) is 6.13. The van der Waals surface area contributed by atoms with Crippen LogP contribution < -0.4 is 0 Å². The van der Waals surface area contributed by atoms with Gasteiger partial charge in [-0.15, -0.1) is 0 Å². The Kier molecular flexibility index (Phi) is 3.87. The van der Waals surface area contributed by atoms with Crippen LogP contribution in [0.2, 0.25) is 0 Å². The van der Waals surface area contributed by atoms with Crippen LogP contribution in [-0.2, 0) is 16.8 Å². The van der Waals surface area contributed by atoms with Crippen molar-refractivity contribution in [3.8, 4) is 0 Å². The summed E-state index contributed by atoms with van der Waals surface area (Å²) < 4.78 is 24.2. The fourth-order valence-corrected chi connectivity index (χ4v) is 2.32. The van der Waals surface area contributed by atoms with Crippen LogP contribution in [0.4, 0.5) is 8.78 Å². The van der Waals surface area contributed by atoms with Crippen molar-refractivity contribution in [3.05, 3.63) is 35.4 Å². The highest BCUT2D eigenvalue weighted by Gasteiger charge is 2.38. The first-order chi connectivity index (χ1) is 8.66. The molecule has 0 radical (unpaired) electrons. The van der Waals surface area contributed by atoms with Crippen LogP contribution in [0.5, 0.6) is 0 Å². The maximum atomic E-state index is 12.1. The molecule has 0 heterocycles. The number of isocyanates is 1. The zero-order chi connectivity index (χ0) is 13.0. The third kappa shape index (κ3) is 2.65. The number of nitrogens with zero attached hydrogens (tertiary/aromatic N) is 1. The molecule has 0 aliphatic heterocycles. The van der Waals surface area contributed by atoms with Gasteiger partial charge < -0.3 is 0 Å². The minimum Gasteiger partial charge on any atom is -0.211 e. The molecular weight excluding hydrogens is 236 g/mol. The lowest BCUT2D eigenvalue weighted by Crippen LogP contribution is -2.31. The molecule has 0 aromatic heterocycles. The number of halogens is 2. The normalized spacial score (nSPS) is 17.1. The van der Waals surface area contributed by atoms with E-state index in [9.17, 15) is 13.6 Å². The van der Waals surface area contributed by atoms with Crippen LogP contribution in [0.25, 0.3) is 0 Å². The summed E-state index contributed by atoms with van der Waals surface area (Å²) in [6, 6.07) is 7.47. The molecule has 4 heteroatoms. The molecular formula is C14H15F2NO. The van der Waals surface area contributed by atoms with Gasteiger partial charge in [0.2, 0.25) is 12.5 Å². The van der Waals surface area contributed by atoms with Gasteiger partial charge in [-0.25, -0.2) is 13.6 Å². The summed E-state index contributed by atoms with van der Waals surface area (Å²) >= 11 is 0. The Bertz CT molecular complexity index is 445. The van der Waals surface area contributed by atoms with Crippen LogP contribution in [0.3, 0.4) is 0 Å². The zero-order valence-electron chi connectivity index (χ0n) is 10.0. The highest BCUT2D eigenvalue weighted by atomic mass is 19.3. The van der Waals surface area contributed by atoms with Crippen molar-refractivity contribution < 1.29 is 13.6 Å². The second-order valence-corrected chi connectivity index (χ2v) is 4.71. The Morgan fingerprint density at radius 2 is 1.94 bits per heavy atom. The molecule has 1 aliphatic rings. The van der Waals surface area contributed by atoms with E-state index >= 15 is 0 Å². The van der Waals surface area contributed by atoms with Crippen molar-refractivity contribution >= 4 is 6.08 Å². The van der Waals surface area contributed by atoms with E-state index in [-0.39, 0.29) is 6.42 Å². The SMILES string of the molecule is O=C=NC1(c2ccc(CCC(F)F)cc2)CCC1. The van der Waals surface area contributed by atoms with Crippen molar-refractivity contribution in [2.75, 3.05) is 0 Å². The van der Waals surface area contributed by atoms with Crippen LogP contribution in [0, 0.1) is 0 Å². The van der Waals surface area contributed by atoms with Gasteiger partial charge in [0.1, 0.15) is 0 Å². The number of aliphatic imine (C=N–C) groups is 1. The largest absolute Gasteiger partial charge is 0.239 e. The van der Waals surface area contributed by atoms with Crippen molar-refractivity contribution in [1.82, 2.24) is 0 Å². The van der Waals surface area contributed by atoms with Gasteiger partial charge in [-0.3, -0.25) is 0 Å². The summed E-state index contributed by atoms with van der Waals surface area (Å²) in [5.41, 5.74) is 1.48. The van der Waals surface area contributed by atoms with Crippen LogP contribution in [0.15, 0.2) is 29.3 Å². The lowest BCUT2D eigenvalue weighted by atomic mass is 9.72. The number of hydrogen-bond donors (Lipinski definition) is 0. The lowest BCUT2D eigenvalue weighted by Gasteiger charge is -2.37. The second-order valence-electron chi connectivity index (χ2n) is 4.71. The van der Waals surface area contributed by atoms with Crippen molar-refractivity contribution in [2.45, 2.75) is 44.1 Å². The Morgan fingerprint density at radius 1 is 1.28 bits per heavy atom. The Morgan fingerprint density at radius 3 is 2.39 bits per heavy atom. The fraction of sp³-hybridized carbons (Fsp3) is 0.500. The van der Waals surface area contributed by atoms with Gasteiger partial charge in [0, 0.05) is 6.42 Å². The first kappa shape index (κ1) is 12.9. The molecule has 1 fully saturated rings. The molecule has 0 N–H and O–H groups in total. The molecule has 1 aliphatic carbocycles. The minimum absolute atomic E-state index is 0.114. The Hall–Kier alpha value is -1.54. The summed E-state index contributed by atoms with van der Waals surface area (Å²) in [7, 11) is 0. The standard InChI is InChI=1S/C14H15F2NO/c15-13(16)7-4-11-2-5-12(6-3-11)14(17-10-18)8-1-9-14/h2-3,5-6,13H,1,4,7-9H2. The number of aryl methyl sites for hydroxylation is 1. The number of carbonyl (C=O) groups excluding carboxylic acids is 1. The highest BCUT2D eigenvalue weighted by molar-refractivity contribution is 5.40. The molecule has 0 spiro atoms. The van der Waals surface area contributed by atoms with Gasteiger partial charge in [-0.05, 0) is 36.8 Å². The number of alkyl halides is 2.